The summed E-state index contributed by atoms with van der Waals surface area (Å²) in [6.45, 7) is 4.59. The van der Waals surface area contributed by atoms with Gasteiger partial charge in [-0.05, 0) is 69.4 Å². The van der Waals surface area contributed by atoms with Crippen LogP contribution in [0.1, 0.15) is 17.1 Å². The number of benzene rings is 2. The monoisotopic (exact) mass is 448 g/mol. The minimum absolute atomic E-state index is 0.101. The third-order valence-corrected chi connectivity index (χ3v) is 5.44. The Labute approximate surface area is 192 Å². The van der Waals surface area contributed by atoms with Gasteiger partial charge in [0, 0.05) is 10.6 Å². The predicted molar refractivity (Wildman–Crippen MR) is 127 cm³/mol. The van der Waals surface area contributed by atoms with Crippen LogP contribution in [0.15, 0.2) is 71.1 Å². The van der Waals surface area contributed by atoms with Gasteiger partial charge in [0.15, 0.2) is 0 Å². The van der Waals surface area contributed by atoms with E-state index in [9.17, 15) is 4.79 Å². The number of hydrogen-bond acceptors (Lipinski definition) is 4. The Morgan fingerprint density at radius 1 is 1.06 bits per heavy atom. The predicted octanol–water partition coefficient (Wildman–Crippen LogP) is 5.47. The van der Waals surface area contributed by atoms with Gasteiger partial charge in [-0.15, -0.1) is 0 Å². The van der Waals surface area contributed by atoms with Gasteiger partial charge in [0.2, 0.25) is 5.91 Å². The SMILES string of the molecule is Cc1nn(-c2ccccc2)c(C)c1NC(=O)CN(C)Cc1ccc(-c2ccc(Cl)cc2)o1. The highest BCUT2D eigenvalue weighted by atomic mass is 35.5. The number of furan rings is 1. The van der Waals surface area contributed by atoms with Crippen molar-refractivity contribution in [3.8, 4) is 17.0 Å². The number of halogens is 1. The Bertz CT molecular complexity index is 1210. The molecule has 0 fully saturated rings. The molecule has 0 spiro atoms. The van der Waals surface area contributed by atoms with E-state index in [-0.39, 0.29) is 12.5 Å². The lowest BCUT2D eigenvalue weighted by Gasteiger charge is -2.15. The number of carbonyl (C=O) groups is 1. The number of nitrogens with zero attached hydrogens (tertiary/aromatic N) is 3. The normalized spacial score (nSPS) is 11.2. The van der Waals surface area contributed by atoms with Crippen molar-refractivity contribution in [2.45, 2.75) is 20.4 Å². The Morgan fingerprint density at radius 2 is 1.78 bits per heavy atom. The minimum Gasteiger partial charge on any atom is -0.460 e. The summed E-state index contributed by atoms with van der Waals surface area (Å²) in [5.41, 5.74) is 4.34. The van der Waals surface area contributed by atoms with Gasteiger partial charge < -0.3 is 9.73 Å². The van der Waals surface area contributed by atoms with E-state index in [0.717, 1.165) is 39.8 Å². The standard InChI is InChI=1S/C25H25ClN4O2/c1-17-25(18(2)30(28-17)21-7-5-4-6-8-21)27-24(31)16-29(3)15-22-13-14-23(32-22)19-9-11-20(26)12-10-19/h4-14H,15-16H2,1-3H3,(H,27,31). The van der Waals surface area contributed by atoms with Crippen molar-refractivity contribution in [1.29, 1.82) is 0 Å². The second kappa shape index (κ2) is 9.42. The third-order valence-electron chi connectivity index (χ3n) is 5.19. The molecule has 7 heteroatoms. The van der Waals surface area contributed by atoms with Crippen molar-refractivity contribution in [3.05, 3.63) is 88.9 Å². The van der Waals surface area contributed by atoms with Crippen molar-refractivity contribution in [2.75, 3.05) is 18.9 Å². The maximum atomic E-state index is 12.7. The highest BCUT2D eigenvalue weighted by Crippen LogP contribution is 2.25. The smallest absolute Gasteiger partial charge is 0.238 e. The maximum absolute atomic E-state index is 12.7. The number of aromatic nitrogens is 2. The molecule has 0 radical (unpaired) electrons. The summed E-state index contributed by atoms with van der Waals surface area (Å²) in [4.78, 5) is 14.6. The second-order valence-electron chi connectivity index (χ2n) is 7.79. The van der Waals surface area contributed by atoms with E-state index in [2.05, 4.69) is 10.4 Å². The molecule has 2 heterocycles. The average molecular weight is 449 g/mol. The van der Waals surface area contributed by atoms with E-state index in [1.54, 1.807) is 0 Å². The third kappa shape index (κ3) is 4.93. The topological polar surface area (TPSA) is 63.3 Å². The molecule has 2 aromatic heterocycles. The van der Waals surface area contributed by atoms with Gasteiger partial charge in [0.25, 0.3) is 0 Å². The Morgan fingerprint density at radius 3 is 2.50 bits per heavy atom. The lowest BCUT2D eigenvalue weighted by atomic mass is 10.2. The summed E-state index contributed by atoms with van der Waals surface area (Å²) in [7, 11) is 1.89. The Balaban J connectivity index is 1.38. The molecule has 0 aliphatic carbocycles. The summed E-state index contributed by atoms with van der Waals surface area (Å²) in [6, 6.07) is 21.2. The van der Waals surface area contributed by atoms with Crippen molar-refractivity contribution in [1.82, 2.24) is 14.7 Å². The molecule has 4 rings (SSSR count). The Hall–Kier alpha value is -3.35. The number of aryl methyl sites for hydroxylation is 1. The van der Waals surface area contributed by atoms with Crippen LogP contribution in [-0.2, 0) is 11.3 Å². The average Bonchev–Trinajstić information content (AvgIpc) is 3.34. The number of likely N-dealkylation sites (N-methyl/N-ethyl adjacent to an activating group) is 1. The van der Waals surface area contributed by atoms with E-state index in [4.69, 9.17) is 16.0 Å². The van der Waals surface area contributed by atoms with Crippen molar-refractivity contribution in [2.24, 2.45) is 0 Å². The molecule has 6 nitrogen and oxygen atoms in total. The van der Waals surface area contributed by atoms with Gasteiger partial charge in [-0.3, -0.25) is 9.69 Å². The van der Waals surface area contributed by atoms with E-state index >= 15 is 0 Å². The van der Waals surface area contributed by atoms with Gasteiger partial charge in [-0.2, -0.15) is 5.10 Å². The van der Waals surface area contributed by atoms with Crippen LogP contribution in [0, 0.1) is 13.8 Å². The molecule has 0 unspecified atom stereocenters. The van der Waals surface area contributed by atoms with Crippen LogP contribution < -0.4 is 5.32 Å². The molecule has 0 saturated heterocycles. The number of hydrogen-bond donors (Lipinski definition) is 1. The number of para-hydroxylation sites is 1. The van der Waals surface area contributed by atoms with E-state index in [1.165, 1.54) is 0 Å². The lowest BCUT2D eigenvalue weighted by molar-refractivity contribution is -0.117. The highest BCUT2D eigenvalue weighted by molar-refractivity contribution is 6.30. The molecule has 164 valence electrons. The molecule has 1 amide bonds. The van der Waals surface area contributed by atoms with Crippen molar-refractivity contribution in [3.63, 3.8) is 0 Å². The van der Waals surface area contributed by atoms with Gasteiger partial charge in [-0.1, -0.05) is 29.8 Å². The zero-order valence-corrected chi connectivity index (χ0v) is 19.1. The minimum atomic E-state index is -0.101. The first-order valence-electron chi connectivity index (χ1n) is 10.4. The zero-order valence-electron chi connectivity index (χ0n) is 18.3. The zero-order chi connectivity index (χ0) is 22.7. The van der Waals surface area contributed by atoms with Crippen LogP contribution >= 0.6 is 11.6 Å². The van der Waals surface area contributed by atoms with E-state index < -0.39 is 0 Å². The Kier molecular flexibility index (Phi) is 6.44. The van der Waals surface area contributed by atoms with E-state index in [1.807, 2.05) is 97.2 Å². The van der Waals surface area contributed by atoms with Crippen molar-refractivity contribution >= 4 is 23.2 Å². The lowest BCUT2D eigenvalue weighted by Crippen LogP contribution is -2.30. The fourth-order valence-electron chi connectivity index (χ4n) is 3.62. The number of rotatable bonds is 7. The summed E-state index contributed by atoms with van der Waals surface area (Å²) < 4.78 is 7.78. The quantitative estimate of drug-likeness (QED) is 0.407. The number of nitrogens with one attached hydrogen (secondary N) is 1. The number of amides is 1. The van der Waals surface area contributed by atoms with Crippen LogP contribution in [0.4, 0.5) is 5.69 Å². The molecule has 0 atom stereocenters. The fourth-order valence-corrected chi connectivity index (χ4v) is 3.75. The van der Waals surface area contributed by atoms with Crippen LogP contribution in [0.3, 0.4) is 0 Å². The first-order chi connectivity index (χ1) is 15.4. The summed E-state index contributed by atoms with van der Waals surface area (Å²) in [5, 5.41) is 8.28. The number of anilines is 1. The molecule has 0 bridgehead atoms. The van der Waals surface area contributed by atoms with Crippen LogP contribution in [0.5, 0.6) is 0 Å². The first-order valence-corrected chi connectivity index (χ1v) is 10.7. The molecular formula is C25H25ClN4O2. The summed E-state index contributed by atoms with van der Waals surface area (Å²) in [5.74, 6) is 1.46. The fraction of sp³-hybridized carbons (Fsp3) is 0.200. The van der Waals surface area contributed by atoms with Crippen LogP contribution in [-0.4, -0.2) is 34.2 Å². The van der Waals surface area contributed by atoms with Gasteiger partial charge in [0.05, 0.1) is 35.9 Å². The highest BCUT2D eigenvalue weighted by Gasteiger charge is 2.17. The summed E-state index contributed by atoms with van der Waals surface area (Å²) in [6.07, 6.45) is 0. The molecule has 32 heavy (non-hydrogen) atoms. The molecule has 0 saturated carbocycles. The maximum Gasteiger partial charge on any atom is 0.238 e. The molecular weight excluding hydrogens is 424 g/mol. The second-order valence-corrected chi connectivity index (χ2v) is 8.22. The molecule has 4 aromatic rings. The van der Waals surface area contributed by atoms with Crippen molar-refractivity contribution < 1.29 is 9.21 Å². The largest absolute Gasteiger partial charge is 0.460 e. The molecule has 0 aliphatic heterocycles. The molecule has 1 N–H and O–H groups in total. The van der Waals surface area contributed by atoms with Crippen LogP contribution in [0.2, 0.25) is 5.02 Å². The molecule has 0 aliphatic rings. The molecule has 2 aromatic carbocycles. The first kappa shape index (κ1) is 21.9. The summed E-state index contributed by atoms with van der Waals surface area (Å²) >= 11 is 5.95. The van der Waals surface area contributed by atoms with Gasteiger partial charge in [-0.25, -0.2) is 4.68 Å². The van der Waals surface area contributed by atoms with Crippen LogP contribution in [0.25, 0.3) is 17.0 Å². The van der Waals surface area contributed by atoms with Gasteiger partial charge >= 0.3 is 0 Å². The van der Waals surface area contributed by atoms with Gasteiger partial charge in [0.1, 0.15) is 11.5 Å². The van der Waals surface area contributed by atoms with E-state index in [0.29, 0.717) is 11.6 Å². The number of carbonyl (C=O) groups excluding carboxylic acids is 1.